The fourth-order valence-corrected chi connectivity index (χ4v) is 1.96. The Balaban J connectivity index is 2.05. The van der Waals surface area contributed by atoms with Gasteiger partial charge in [0.1, 0.15) is 5.75 Å². The molecule has 0 saturated carbocycles. The molecule has 2 rings (SSSR count). The third-order valence-corrected chi connectivity index (χ3v) is 3.40. The van der Waals surface area contributed by atoms with Gasteiger partial charge in [0.25, 0.3) is 0 Å². The lowest BCUT2D eigenvalue weighted by Crippen LogP contribution is -2.45. The Morgan fingerprint density at radius 2 is 2.06 bits per heavy atom. The van der Waals surface area contributed by atoms with E-state index in [4.69, 9.17) is 4.74 Å². The normalized spacial score (nSPS) is 15.7. The van der Waals surface area contributed by atoms with Gasteiger partial charge in [0.15, 0.2) is 0 Å². The van der Waals surface area contributed by atoms with E-state index >= 15 is 0 Å². The lowest BCUT2D eigenvalue weighted by molar-refractivity contribution is 0.365. The summed E-state index contributed by atoms with van der Waals surface area (Å²) in [5.41, 5.74) is 3.73. The van der Waals surface area contributed by atoms with Crippen LogP contribution in [0.3, 0.4) is 0 Å². The number of rotatable bonds is 4. The molecule has 0 unspecified atom stereocenters. The molecule has 0 radical (unpaired) electrons. The van der Waals surface area contributed by atoms with E-state index in [1.807, 2.05) is 6.07 Å². The Hall–Kier alpha value is -1.22. The molecule has 1 aliphatic heterocycles. The minimum absolute atomic E-state index is 0.779. The van der Waals surface area contributed by atoms with E-state index in [0.717, 1.165) is 31.3 Å². The number of ether oxygens (including phenoxy) is 1. The third-order valence-electron chi connectivity index (χ3n) is 3.40. The quantitative estimate of drug-likeness (QED) is 0.813. The van der Waals surface area contributed by atoms with Crippen molar-refractivity contribution in [3.63, 3.8) is 0 Å². The van der Waals surface area contributed by atoms with Gasteiger partial charge in [0.05, 0.1) is 7.11 Å². The number of nitrogens with one attached hydrogen (secondary N) is 2. The van der Waals surface area contributed by atoms with Gasteiger partial charge in [-0.3, -0.25) is 0 Å². The summed E-state index contributed by atoms with van der Waals surface area (Å²) in [4.78, 5) is 0. The molecule has 0 atom stereocenters. The maximum atomic E-state index is 5.30. The molecule has 1 saturated heterocycles. The molecular weight excluding hydrogens is 200 g/mol. The topological polar surface area (TPSA) is 33.3 Å². The van der Waals surface area contributed by atoms with E-state index in [9.17, 15) is 0 Å². The van der Waals surface area contributed by atoms with E-state index in [1.165, 1.54) is 16.8 Å². The third kappa shape index (κ3) is 2.14. The molecule has 1 aromatic carbocycles. The van der Waals surface area contributed by atoms with Crippen molar-refractivity contribution in [3.8, 4) is 5.75 Å². The van der Waals surface area contributed by atoms with Gasteiger partial charge in [-0.15, -0.1) is 0 Å². The first kappa shape index (κ1) is 11.3. The minimum Gasteiger partial charge on any atom is -0.496 e. The standard InChI is InChI=1S/C13H20N2O/c1-9-10(2)13(16-3)5-4-12(9)15-8-11-6-14-7-11/h4-5,11,14-15H,6-8H2,1-3H3. The van der Waals surface area contributed by atoms with Crippen LogP contribution >= 0.6 is 0 Å². The van der Waals surface area contributed by atoms with Crippen LogP contribution in [0.15, 0.2) is 12.1 Å². The Morgan fingerprint density at radius 3 is 2.62 bits per heavy atom. The first-order valence-electron chi connectivity index (χ1n) is 5.81. The SMILES string of the molecule is COc1ccc(NCC2CNC2)c(C)c1C. The van der Waals surface area contributed by atoms with Crippen molar-refractivity contribution in [1.29, 1.82) is 0 Å². The predicted molar refractivity (Wildman–Crippen MR) is 67.3 cm³/mol. The van der Waals surface area contributed by atoms with Crippen LogP contribution in [-0.4, -0.2) is 26.7 Å². The zero-order valence-electron chi connectivity index (χ0n) is 10.3. The van der Waals surface area contributed by atoms with Crippen LogP contribution in [0, 0.1) is 19.8 Å². The van der Waals surface area contributed by atoms with Crippen molar-refractivity contribution in [1.82, 2.24) is 5.32 Å². The minimum atomic E-state index is 0.779. The monoisotopic (exact) mass is 220 g/mol. The lowest BCUT2D eigenvalue weighted by Gasteiger charge is -2.28. The molecule has 2 N–H and O–H groups in total. The Labute approximate surface area is 97.2 Å². The number of anilines is 1. The summed E-state index contributed by atoms with van der Waals surface area (Å²) in [5, 5.41) is 6.79. The van der Waals surface area contributed by atoms with Gasteiger partial charge < -0.3 is 15.4 Å². The van der Waals surface area contributed by atoms with Crippen LogP contribution in [-0.2, 0) is 0 Å². The highest BCUT2D eigenvalue weighted by Gasteiger charge is 2.16. The van der Waals surface area contributed by atoms with Crippen LogP contribution in [0.5, 0.6) is 5.75 Å². The molecule has 1 fully saturated rings. The van der Waals surface area contributed by atoms with Crippen molar-refractivity contribution in [3.05, 3.63) is 23.3 Å². The Morgan fingerprint density at radius 1 is 1.31 bits per heavy atom. The predicted octanol–water partition coefficient (Wildman–Crippen LogP) is 1.94. The van der Waals surface area contributed by atoms with Crippen molar-refractivity contribution in [2.24, 2.45) is 5.92 Å². The summed E-state index contributed by atoms with van der Waals surface area (Å²) in [6.45, 7) is 7.57. The Kier molecular flexibility index (Phi) is 3.34. The largest absolute Gasteiger partial charge is 0.496 e. The average molecular weight is 220 g/mol. The second-order valence-corrected chi connectivity index (χ2v) is 4.47. The van der Waals surface area contributed by atoms with Crippen molar-refractivity contribution in [2.75, 3.05) is 32.1 Å². The van der Waals surface area contributed by atoms with Gasteiger partial charge in [0.2, 0.25) is 0 Å². The van der Waals surface area contributed by atoms with E-state index in [0.29, 0.717) is 0 Å². The molecule has 16 heavy (non-hydrogen) atoms. The number of hydrogen-bond acceptors (Lipinski definition) is 3. The fraction of sp³-hybridized carbons (Fsp3) is 0.538. The van der Waals surface area contributed by atoms with E-state index < -0.39 is 0 Å². The molecule has 1 aliphatic rings. The molecule has 3 heteroatoms. The highest BCUT2D eigenvalue weighted by atomic mass is 16.5. The number of hydrogen-bond donors (Lipinski definition) is 2. The Bertz CT molecular complexity index is 372. The van der Waals surface area contributed by atoms with Crippen LogP contribution < -0.4 is 15.4 Å². The summed E-state index contributed by atoms with van der Waals surface area (Å²) in [6.07, 6.45) is 0. The zero-order valence-corrected chi connectivity index (χ0v) is 10.3. The van der Waals surface area contributed by atoms with Crippen molar-refractivity contribution in [2.45, 2.75) is 13.8 Å². The lowest BCUT2D eigenvalue weighted by atomic mass is 10.0. The molecule has 0 aromatic heterocycles. The first-order chi connectivity index (χ1) is 7.72. The molecule has 88 valence electrons. The van der Waals surface area contributed by atoms with Gasteiger partial charge in [-0.2, -0.15) is 0 Å². The summed E-state index contributed by atoms with van der Waals surface area (Å²) in [6, 6.07) is 4.14. The maximum Gasteiger partial charge on any atom is 0.122 e. The van der Waals surface area contributed by atoms with E-state index in [-0.39, 0.29) is 0 Å². The van der Waals surface area contributed by atoms with Gasteiger partial charge in [-0.1, -0.05) is 0 Å². The first-order valence-corrected chi connectivity index (χ1v) is 5.81. The summed E-state index contributed by atoms with van der Waals surface area (Å²) in [7, 11) is 1.72. The molecular formula is C13H20N2O. The molecule has 0 spiro atoms. The van der Waals surface area contributed by atoms with Gasteiger partial charge in [-0.05, 0) is 37.1 Å². The van der Waals surface area contributed by atoms with Crippen molar-refractivity contribution < 1.29 is 4.74 Å². The smallest absolute Gasteiger partial charge is 0.122 e. The van der Waals surface area contributed by atoms with Gasteiger partial charge in [0, 0.05) is 31.2 Å². The van der Waals surface area contributed by atoms with Crippen LogP contribution in [0.2, 0.25) is 0 Å². The van der Waals surface area contributed by atoms with E-state index in [2.05, 4.69) is 30.5 Å². The fourth-order valence-electron chi connectivity index (χ4n) is 1.96. The zero-order chi connectivity index (χ0) is 11.5. The summed E-state index contributed by atoms with van der Waals surface area (Å²) in [5.74, 6) is 1.75. The number of benzene rings is 1. The highest BCUT2D eigenvalue weighted by molar-refractivity contribution is 5.58. The van der Waals surface area contributed by atoms with Crippen LogP contribution in [0.1, 0.15) is 11.1 Å². The maximum absolute atomic E-state index is 5.30. The van der Waals surface area contributed by atoms with Crippen LogP contribution in [0.25, 0.3) is 0 Å². The van der Waals surface area contributed by atoms with Crippen molar-refractivity contribution >= 4 is 5.69 Å². The average Bonchev–Trinajstić information content (AvgIpc) is 2.22. The van der Waals surface area contributed by atoms with Gasteiger partial charge in [-0.25, -0.2) is 0 Å². The van der Waals surface area contributed by atoms with Gasteiger partial charge >= 0.3 is 0 Å². The molecule has 1 heterocycles. The summed E-state index contributed by atoms with van der Waals surface area (Å²) < 4.78 is 5.30. The highest BCUT2D eigenvalue weighted by Crippen LogP contribution is 2.27. The molecule has 0 aliphatic carbocycles. The second-order valence-electron chi connectivity index (χ2n) is 4.47. The van der Waals surface area contributed by atoms with Crippen LogP contribution in [0.4, 0.5) is 5.69 Å². The molecule has 0 bridgehead atoms. The molecule has 3 nitrogen and oxygen atoms in total. The summed E-state index contributed by atoms with van der Waals surface area (Å²) >= 11 is 0. The second kappa shape index (κ2) is 4.74. The molecule has 0 amide bonds. The van der Waals surface area contributed by atoms with E-state index in [1.54, 1.807) is 7.11 Å². The number of methoxy groups -OCH3 is 1. The molecule has 1 aromatic rings.